The second-order valence-corrected chi connectivity index (χ2v) is 6.90. The summed E-state index contributed by atoms with van der Waals surface area (Å²) in [6, 6.07) is 21.2. The molecular formula is C24H26N4O. The largest absolute Gasteiger partial charge is 0.326 e. The molecule has 0 aliphatic rings. The minimum absolute atomic E-state index is 0.206. The first kappa shape index (κ1) is 20.3. The molecule has 0 radical (unpaired) electrons. The van der Waals surface area contributed by atoms with Crippen molar-refractivity contribution in [2.24, 2.45) is 4.99 Å². The highest BCUT2D eigenvalue weighted by Gasteiger charge is 2.10. The summed E-state index contributed by atoms with van der Waals surface area (Å²) in [5.41, 5.74) is 3.76. The fourth-order valence-electron chi connectivity index (χ4n) is 2.81. The summed E-state index contributed by atoms with van der Waals surface area (Å²) >= 11 is 0. The maximum atomic E-state index is 12.6. The number of pyridine rings is 1. The Morgan fingerprint density at radius 1 is 1.00 bits per heavy atom. The van der Waals surface area contributed by atoms with E-state index in [9.17, 15) is 4.79 Å². The van der Waals surface area contributed by atoms with Crippen LogP contribution in [0.4, 0.5) is 5.69 Å². The molecule has 0 saturated heterocycles. The first-order valence-corrected chi connectivity index (χ1v) is 9.82. The van der Waals surface area contributed by atoms with Gasteiger partial charge >= 0.3 is 0 Å². The predicted molar refractivity (Wildman–Crippen MR) is 118 cm³/mol. The van der Waals surface area contributed by atoms with Gasteiger partial charge in [0.25, 0.3) is 5.91 Å². The molecule has 148 valence electrons. The molecule has 1 atom stereocenters. The van der Waals surface area contributed by atoms with Gasteiger partial charge in [0.05, 0.1) is 6.54 Å². The summed E-state index contributed by atoms with van der Waals surface area (Å²) in [5.74, 6) is 0.719. The number of guanidine groups is 1. The third-order valence-electron chi connectivity index (χ3n) is 4.79. The van der Waals surface area contributed by atoms with E-state index in [0.717, 1.165) is 17.7 Å². The molecule has 1 unspecified atom stereocenters. The Bertz CT molecular complexity index is 938. The number of amides is 1. The van der Waals surface area contributed by atoms with Crippen LogP contribution in [0.1, 0.15) is 47.7 Å². The van der Waals surface area contributed by atoms with Crippen molar-refractivity contribution < 1.29 is 4.79 Å². The molecule has 2 N–H and O–H groups in total. The number of rotatable bonds is 6. The van der Waals surface area contributed by atoms with Crippen LogP contribution in [0.15, 0.2) is 84.1 Å². The van der Waals surface area contributed by atoms with Crippen molar-refractivity contribution in [3.8, 4) is 0 Å². The van der Waals surface area contributed by atoms with Crippen LogP contribution in [0.25, 0.3) is 0 Å². The molecule has 0 bridgehead atoms. The quantitative estimate of drug-likeness (QED) is 0.463. The van der Waals surface area contributed by atoms with Crippen molar-refractivity contribution in [3.63, 3.8) is 0 Å². The van der Waals surface area contributed by atoms with Gasteiger partial charge in [0.1, 0.15) is 0 Å². The summed E-state index contributed by atoms with van der Waals surface area (Å²) in [7, 11) is 0. The van der Waals surface area contributed by atoms with Gasteiger partial charge in [-0.15, -0.1) is 0 Å². The zero-order chi connectivity index (χ0) is 20.5. The number of aromatic nitrogens is 1. The topological polar surface area (TPSA) is 66.4 Å². The number of hydrogen-bond donors (Lipinski definition) is 2. The van der Waals surface area contributed by atoms with Crippen LogP contribution >= 0.6 is 0 Å². The molecule has 0 spiro atoms. The number of nitrogens with one attached hydrogen (secondary N) is 2. The molecular weight excluding hydrogens is 360 g/mol. The molecule has 29 heavy (non-hydrogen) atoms. The Kier molecular flexibility index (Phi) is 7.11. The zero-order valence-electron chi connectivity index (χ0n) is 16.8. The molecule has 1 amide bonds. The lowest BCUT2D eigenvalue weighted by molar-refractivity contribution is 0.0977. The minimum atomic E-state index is -0.206. The van der Waals surface area contributed by atoms with Gasteiger partial charge in [-0.3, -0.25) is 15.1 Å². The summed E-state index contributed by atoms with van der Waals surface area (Å²) in [6.07, 6.45) is 4.56. The summed E-state index contributed by atoms with van der Waals surface area (Å²) in [4.78, 5) is 21.2. The smallest absolute Gasteiger partial charge is 0.257 e. The average Bonchev–Trinajstić information content (AvgIpc) is 2.78. The fraction of sp³-hybridized carbons (Fsp3) is 0.208. The van der Waals surface area contributed by atoms with E-state index >= 15 is 0 Å². The second-order valence-electron chi connectivity index (χ2n) is 6.90. The van der Waals surface area contributed by atoms with E-state index in [-0.39, 0.29) is 5.91 Å². The number of carbonyl (C=O) groups is 1. The number of carbonyl (C=O) groups excluding carboxylic acids is 1. The molecule has 0 aliphatic carbocycles. The molecule has 0 aliphatic heterocycles. The van der Waals surface area contributed by atoms with Crippen molar-refractivity contribution >= 4 is 17.6 Å². The standard InChI is InChI=1S/C24H26N4O/c1-3-18(2)20-9-11-22(12-10-20)27-24(26-17-19-13-15-25-16-14-19)28-23(29)21-7-5-4-6-8-21/h4-16,18H,3,17H2,1-2H3,(H2,26,27,28,29). The molecule has 5 nitrogen and oxygen atoms in total. The second kappa shape index (κ2) is 10.2. The van der Waals surface area contributed by atoms with Gasteiger partial charge in [-0.25, -0.2) is 4.99 Å². The highest BCUT2D eigenvalue weighted by Crippen LogP contribution is 2.20. The highest BCUT2D eigenvalue weighted by atomic mass is 16.1. The lowest BCUT2D eigenvalue weighted by atomic mass is 9.99. The minimum Gasteiger partial charge on any atom is -0.326 e. The van der Waals surface area contributed by atoms with Crippen molar-refractivity contribution in [1.29, 1.82) is 0 Å². The molecule has 5 heteroatoms. The van der Waals surface area contributed by atoms with Gasteiger partial charge in [-0.2, -0.15) is 0 Å². The van der Waals surface area contributed by atoms with Crippen LogP contribution in [0, 0.1) is 0 Å². The number of hydrogen-bond acceptors (Lipinski definition) is 3. The lowest BCUT2D eigenvalue weighted by Crippen LogP contribution is -2.36. The van der Waals surface area contributed by atoms with Gasteiger partial charge in [-0.05, 0) is 59.9 Å². The maximum absolute atomic E-state index is 12.6. The van der Waals surface area contributed by atoms with E-state index in [2.05, 4.69) is 46.6 Å². The Balaban J connectivity index is 1.77. The first-order valence-electron chi connectivity index (χ1n) is 9.82. The van der Waals surface area contributed by atoms with Crippen LogP contribution in [0.3, 0.4) is 0 Å². The monoisotopic (exact) mass is 386 g/mol. The number of aliphatic imine (C=N–C) groups is 1. The van der Waals surface area contributed by atoms with Crippen LogP contribution in [0.2, 0.25) is 0 Å². The van der Waals surface area contributed by atoms with Gasteiger partial charge in [0, 0.05) is 23.6 Å². The summed E-state index contributed by atoms with van der Waals surface area (Å²) in [6.45, 7) is 4.83. The van der Waals surface area contributed by atoms with Crippen molar-refractivity contribution in [1.82, 2.24) is 10.3 Å². The van der Waals surface area contributed by atoms with E-state index < -0.39 is 0 Å². The van der Waals surface area contributed by atoms with Gasteiger partial charge in [0.2, 0.25) is 5.96 Å². The summed E-state index contributed by atoms with van der Waals surface area (Å²) in [5, 5.41) is 6.12. The molecule has 0 saturated carbocycles. The van der Waals surface area contributed by atoms with E-state index in [0.29, 0.717) is 24.0 Å². The van der Waals surface area contributed by atoms with E-state index in [4.69, 9.17) is 0 Å². The number of anilines is 1. The fourth-order valence-corrected chi connectivity index (χ4v) is 2.81. The first-order chi connectivity index (χ1) is 14.2. The van der Waals surface area contributed by atoms with Crippen molar-refractivity contribution in [2.75, 3.05) is 5.32 Å². The van der Waals surface area contributed by atoms with Crippen molar-refractivity contribution in [3.05, 3.63) is 95.8 Å². The van der Waals surface area contributed by atoms with Crippen molar-refractivity contribution in [2.45, 2.75) is 32.7 Å². The van der Waals surface area contributed by atoms with E-state index in [1.54, 1.807) is 24.5 Å². The molecule has 1 heterocycles. The molecule has 1 aromatic heterocycles. The van der Waals surface area contributed by atoms with E-state index in [1.807, 2.05) is 42.5 Å². The molecule has 2 aromatic carbocycles. The third-order valence-corrected chi connectivity index (χ3v) is 4.79. The third kappa shape index (κ3) is 6.01. The Hall–Kier alpha value is -3.47. The maximum Gasteiger partial charge on any atom is 0.257 e. The van der Waals surface area contributed by atoms with Gasteiger partial charge in [-0.1, -0.05) is 44.2 Å². The van der Waals surface area contributed by atoms with E-state index in [1.165, 1.54) is 5.56 Å². The average molecular weight is 386 g/mol. The Labute approximate surface area is 171 Å². The lowest BCUT2D eigenvalue weighted by Gasteiger charge is -2.14. The van der Waals surface area contributed by atoms with Crippen LogP contribution in [-0.2, 0) is 6.54 Å². The number of nitrogens with zero attached hydrogens (tertiary/aromatic N) is 2. The van der Waals surface area contributed by atoms with Crippen LogP contribution < -0.4 is 10.6 Å². The van der Waals surface area contributed by atoms with Gasteiger partial charge in [0.15, 0.2) is 0 Å². The Morgan fingerprint density at radius 3 is 2.34 bits per heavy atom. The number of benzene rings is 2. The van der Waals surface area contributed by atoms with Crippen LogP contribution in [0.5, 0.6) is 0 Å². The predicted octanol–water partition coefficient (Wildman–Crippen LogP) is 4.99. The zero-order valence-corrected chi connectivity index (χ0v) is 16.8. The normalized spacial score (nSPS) is 12.3. The molecule has 3 rings (SSSR count). The van der Waals surface area contributed by atoms with Gasteiger partial charge < -0.3 is 5.32 Å². The highest BCUT2D eigenvalue weighted by molar-refractivity contribution is 6.09. The molecule has 3 aromatic rings. The Morgan fingerprint density at radius 2 is 1.69 bits per heavy atom. The SMILES string of the molecule is CCC(C)c1ccc(NC(=NCc2ccncc2)NC(=O)c2ccccc2)cc1. The molecule has 0 fully saturated rings. The summed E-state index contributed by atoms with van der Waals surface area (Å²) < 4.78 is 0. The van der Waals surface area contributed by atoms with Crippen LogP contribution in [-0.4, -0.2) is 16.9 Å².